The highest BCUT2D eigenvalue weighted by molar-refractivity contribution is 7.89. The summed E-state index contributed by atoms with van der Waals surface area (Å²) in [6, 6.07) is 6.55. The number of aromatic nitrogens is 1. The smallest absolute Gasteiger partial charge is 0.357 e. The van der Waals surface area contributed by atoms with Crippen molar-refractivity contribution in [1.82, 2.24) is 14.6 Å². The van der Waals surface area contributed by atoms with E-state index in [0.717, 1.165) is 13.1 Å². The largest absolute Gasteiger partial charge is 0.464 e. The number of ether oxygens (including phenoxy) is 1. The third-order valence-corrected chi connectivity index (χ3v) is 7.01. The van der Waals surface area contributed by atoms with E-state index in [4.69, 9.17) is 4.74 Å². The lowest BCUT2D eigenvalue weighted by atomic mass is 10.0. The van der Waals surface area contributed by atoms with E-state index in [9.17, 15) is 13.2 Å². The number of methoxy groups -OCH3 is 1. The van der Waals surface area contributed by atoms with E-state index in [1.165, 1.54) is 13.3 Å². The van der Waals surface area contributed by atoms with Gasteiger partial charge >= 0.3 is 5.97 Å². The highest BCUT2D eigenvalue weighted by Crippen LogP contribution is 2.33. The molecule has 1 N–H and O–H groups in total. The molecule has 2 aromatic rings. The fourth-order valence-electron chi connectivity index (χ4n) is 3.81. The van der Waals surface area contributed by atoms with Gasteiger partial charge in [0.05, 0.1) is 12.0 Å². The third kappa shape index (κ3) is 2.96. The van der Waals surface area contributed by atoms with Crippen molar-refractivity contribution < 1.29 is 17.9 Å². The first-order chi connectivity index (χ1) is 12.0. The van der Waals surface area contributed by atoms with Crippen LogP contribution in [-0.4, -0.2) is 57.0 Å². The minimum absolute atomic E-state index is 0. The Labute approximate surface area is 158 Å². The Morgan fingerprint density at radius 3 is 2.54 bits per heavy atom. The predicted octanol–water partition coefficient (Wildman–Crippen LogP) is 1.28. The number of sulfonamides is 1. The van der Waals surface area contributed by atoms with Crippen LogP contribution in [0.4, 0.5) is 0 Å². The molecule has 0 spiro atoms. The van der Waals surface area contributed by atoms with Crippen LogP contribution in [0.3, 0.4) is 0 Å². The second-order valence-electron chi connectivity index (χ2n) is 6.50. The maximum atomic E-state index is 13.2. The summed E-state index contributed by atoms with van der Waals surface area (Å²) in [6.07, 6.45) is 1.44. The number of carbonyl (C=O) groups is 1. The first-order valence-electron chi connectivity index (χ1n) is 8.19. The molecular weight excluding hydrogens is 378 g/mol. The lowest BCUT2D eigenvalue weighted by Crippen LogP contribution is -2.32. The summed E-state index contributed by atoms with van der Waals surface area (Å²) in [7, 11) is -2.35. The molecule has 26 heavy (non-hydrogen) atoms. The molecule has 0 saturated carbocycles. The highest BCUT2D eigenvalue weighted by Gasteiger charge is 2.41. The van der Waals surface area contributed by atoms with Crippen LogP contribution in [0.5, 0.6) is 0 Å². The molecule has 2 aliphatic rings. The molecule has 9 heteroatoms. The van der Waals surface area contributed by atoms with Crippen molar-refractivity contribution in [1.29, 1.82) is 0 Å². The molecule has 1 aromatic carbocycles. The molecule has 140 valence electrons. The molecule has 3 heterocycles. The first kappa shape index (κ1) is 19.0. The number of benzene rings is 1. The molecule has 1 aromatic heterocycles. The van der Waals surface area contributed by atoms with Gasteiger partial charge in [0.15, 0.2) is 5.69 Å². The van der Waals surface area contributed by atoms with Crippen LogP contribution in [0.2, 0.25) is 0 Å². The summed E-state index contributed by atoms with van der Waals surface area (Å²) in [5.74, 6) is 0.163. The Morgan fingerprint density at radius 1 is 1.19 bits per heavy atom. The lowest BCUT2D eigenvalue weighted by molar-refractivity contribution is 0.0596. The maximum Gasteiger partial charge on any atom is 0.357 e. The highest BCUT2D eigenvalue weighted by atomic mass is 35.5. The molecule has 0 bridgehead atoms. The number of fused-ring (bicyclic) bond motifs is 2. The van der Waals surface area contributed by atoms with Crippen molar-refractivity contribution in [3.8, 4) is 0 Å². The first-order valence-corrected chi connectivity index (χ1v) is 9.63. The molecule has 0 radical (unpaired) electrons. The van der Waals surface area contributed by atoms with Gasteiger partial charge in [-0.15, -0.1) is 12.4 Å². The Hall–Kier alpha value is -1.74. The van der Waals surface area contributed by atoms with Crippen molar-refractivity contribution in [2.45, 2.75) is 4.90 Å². The molecule has 0 amide bonds. The molecule has 2 saturated heterocycles. The fourth-order valence-corrected chi connectivity index (χ4v) is 5.57. The van der Waals surface area contributed by atoms with Gasteiger partial charge in [-0.2, -0.15) is 4.31 Å². The summed E-state index contributed by atoms with van der Waals surface area (Å²) < 4.78 is 32.7. The number of nitrogens with one attached hydrogen (secondary N) is 1. The summed E-state index contributed by atoms with van der Waals surface area (Å²) in [5, 5.41) is 4.29. The van der Waals surface area contributed by atoms with Crippen LogP contribution < -0.4 is 5.32 Å². The van der Waals surface area contributed by atoms with Crippen molar-refractivity contribution >= 4 is 39.2 Å². The Kier molecular flexibility index (Phi) is 5.21. The van der Waals surface area contributed by atoms with Gasteiger partial charge in [-0.25, -0.2) is 18.2 Å². The van der Waals surface area contributed by atoms with Gasteiger partial charge < -0.3 is 10.1 Å². The number of esters is 1. The van der Waals surface area contributed by atoms with E-state index in [0.29, 0.717) is 35.7 Å². The molecule has 4 rings (SSSR count). The Bertz CT molecular complexity index is 938. The number of rotatable bonds is 3. The van der Waals surface area contributed by atoms with Gasteiger partial charge in [0.2, 0.25) is 10.0 Å². The fraction of sp³-hybridized carbons (Fsp3) is 0.412. The molecule has 0 aliphatic carbocycles. The van der Waals surface area contributed by atoms with E-state index in [1.54, 1.807) is 28.6 Å². The van der Waals surface area contributed by atoms with Gasteiger partial charge in [0, 0.05) is 30.1 Å². The normalized spacial score (nSPS) is 22.8. The van der Waals surface area contributed by atoms with Gasteiger partial charge in [-0.3, -0.25) is 0 Å². The van der Waals surface area contributed by atoms with Crippen LogP contribution >= 0.6 is 12.4 Å². The third-order valence-electron chi connectivity index (χ3n) is 5.12. The van der Waals surface area contributed by atoms with Crippen LogP contribution in [0.1, 0.15) is 10.5 Å². The van der Waals surface area contributed by atoms with Crippen LogP contribution in [0.15, 0.2) is 35.4 Å². The van der Waals surface area contributed by atoms with Crippen molar-refractivity contribution in [2.75, 3.05) is 33.3 Å². The SMILES string of the molecule is COC(=O)c1nccc2c(S(=O)(=O)N3C[C@H]4CNC[C@H]4C3)cccc12.Cl. The number of halogens is 1. The number of nitrogens with zero attached hydrogens (tertiary/aromatic N) is 2. The van der Waals surface area contributed by atoms with E-state index in [2.05, 4.69) is 10.3 Å². The molecule has 0 unspecified atom stereocenters. The minimum Gasteiger partial charge on any atom is -0.464 e. The van der Waals surface area contributed by atoms with Crippen LogP contribution in [0, 0.1) is 11.8 Å². The van der Waals surface area contributed by atoms with E-state index >= 15 is 0 Å². The quantitative estimate of drug-likeness (QED) is 0.785. The predicted molar refractivity (Wildman–Crippen MR) is 98.9 cm³/mol. The van der Waals surface area contributed by atoms with Gasteiger partial charge in [0.1, 0.15) is 0 Å². The van der Waals surface area contributed by atoms with Crippen molar-refractivity contribution in [2.24, 2.45) is 11.8 Å². The summed E-state index contributed by atoms with van der Waals surface area (Å²) in [4.78, 5) is 16.2. The zero-order chi connectivity index (χ0) is 17.6. The molecular formula is C17H20ClN3O4S. The number of hydrogen-bond donors (Lipinski definition) is 1. The lowest BCUT2D eigenvalue weighted by Gasteiger charge is -2.19. The Balaban J connectivity index is 0.00000196. The minimum atomic E-state index is -3.63. The van der Waals surface area contributed by atoms with E-state index in [-0.39, 0.29) is 23.0 Å². The van der Waals surface area contributed by atoms with Gasteiger partial charge in [-0.1, -0.05) is 12.1 Å². The summed E-state index contributed by atoms with van der Waals surface area (Å²) >= 11 is 0. The number of carbonyl (C=O) groups excluding carboxylic acids is 1. The van der Waals surface area contributed by atoms with E-state index in [1.807, 2.05) is 0 Å². The van der Waals surface area contributed by atoms with Crippen molar-refractivity contribution in [3.63, 3.8) is 0 Å². The average Bonchev–Trinajstić information content (AvgIpc) is 3.22. The zero-order valence-electron chi connectivity index (χ0n) is 14.2. The zero-order valence-corrected chi connectivity index (χ0v) is 15.8. The summed E-state index contributed by atoms with van der Waals surface area (Å²) in [5.41, 5.74) is 0.125. The molecule has 7 nitrogen and oxygen atoms in total. The van der Waals surface area contributed by atoms with E-state index < -0.39 is 16.0 Å². The maximum absolute atomic E-state index is 13.2. The van der Waals surface area contributed by atoms with Crippen LogP contribution in [0.25, 0.3) is 10.8 Å². The second kappa shape index (κ2) is 7.11. The Morgan fingerprint density at radius 2 is 1.88 bits per heavy atom. The van der Waals surface area contributed by atoms with Gasteiger partial charge in [0.25, 0.3) is 0 Å². The second-order valence-corrected chi connectivity index (χ2v) is 8.41. The molecule has 2 fully saturated rings. The average molecular weight is 398 g/mol. The van der Waals surface area contributed by atoms with Crippen LogP contribution in [-0.2, 0) is 14.8 Å². The standard InChI is InChI=1S/C17H19N3O4S.ClH/c1-24-17(21)16-14-3-2-4-15(13(14)5-6-19-16)25(22,23)20-9-11-7-18-8-12(11)10-20;/h2-6,11-12,18H,7-10H2,1H3;1H/t11-,12+;. The van der Waals surface area contributed by atoms with Gasteiger partial charge in [-0.05, 0) is 37.1 Å². The molecule has 2 atom stereocenters. The molecule has 2 aliphatic heterocycles. The summed E-state index contributed by atoms with van der Waals surface area (Å²) in [6.45, 7) is 2.79. The number of hydrogen-bond acceptors (Lipinski definition) is 6. The number of pyridine rings is 1. The topological polar surface area (TPSA) is 88.6 Å². The monoisotopic (exact) mass is 397 g/mol. The van der Waals surface area contributed by atoms with Crippen molar-refractivity contribution in [3.05, 3.63) is 36.2 Å².